The van der Waals surface area contributed by atoms with E-state index in [0.717, 1.165) is 0 Å². The molecule has 0 saturated heterocycles. The minimum atomic E-state index is -0.0435. The van der Waals surface area contributed by atoms with Crippen LogP contribution >= 0.6 is 0 Å². The molecule has 138 valence electrons. The molecule has 1 aromatic heterocycles. The van der Waals surface area contributed by atoms with Crippen LogP contribution in [0.15, 0.2) is 78.9 Å². The number of hydrogen-bond donors (Lipinski definition) is 0. The number of para-hydroxylation sites is 2. The van der Waals surface area contributed by atoms with E-state index in [1.54, 1.807) is 0 Å². The van der Waals surface area contributed by atoms with Crippen LogP contribution < -0.4 is 4.57 Å². The standard InChI is InChI=1S/C26H25N2/c1-18-12-8-10-16-22(18)27-19(2)24-26(3,4)21-15-9-11-17-23(21)28(24)25(27)20-13-6-5-7-14-20/h5-17H,1-4H3/q+1. The zero-order valence-electron chi connectivity index (χ0n) is 16.9. The number of hydrogen-bond acceptors (Lipinski definition) is 0. The number of fused-ring (bicyclic) bond motifs is 3. The number of aryl methyl sites for hydroxylation is 1. The third-order valence-electron chi connectivity index (χ3n) is 6.12. The van der Waals surface area contributed by atoms with Gasteiger partial charge in [-0.3, -0.25) is 0 Å². The summed E-state index contributed by atoms with van der Waals surface area (Å²) in [4.78, 5) is 0. The first-order valence-electron chi connectivity index (χ1n) is 9.91. The maximum atomic E-state index is 2.48. The van der Waals surface area contributed by atoms with Crippen LogP contribution in [-0.4, -0.2) is 4.57 Å². The molecule has 2 heterocycles. The van der Waals surface area contributed by atoms with Crippen LogP contribution in [0.4, 0.5) is 0 Å². The van der Waals surface area contributed by atoms with Gasteiger partial charge in [0.05, 0.1) is 11.0 Å². The van der Waals surface area contributed by atoms with Crippen molar-refractivity contribution in [3.63, 3.8) is 0 Å². The summed E-state index contributed by atoms with van der Waals surface area (Å²) in [5.74, 6) is 1.22. The van der Waals surface area contributed by atoms with E-state index in [-0.39, 0.29) is 5.41 Å². The Kier molecular flexibility index (Phi) is 3.60. The Hall–Kier alpha value is -3.13. The van der Waals surface area contributed by atoms with Gasteiger partial charge in [0.15, 0.2) is 11.4 Å². The molecule has 2 nitrogen and oxygen atoms in total. The molecule has 4 aromatic rings. The molecule has 0 N–H and O–H groups in total. The van der Waals surface area contributed by atoms with Crippen LogP contribution in [0.5, 0.6) is 0 Å². The van der Waals surface area contributed by atoms with Gasteiger partial charge in [0, 0.05) is 12.5 Å². The van der Waals surface area contributed by atoms with Gasteiger partial charge >= 0.3 is 0 Å². The first kappa shape index (κ1) is 17.0. The maximum Gasteiger partial charge on any atom is 0.299 e. The summed E-state index contributed by atoms with van der Waals surface area (Å²) in [7, 11) is 0. The summed E-state index contributed by atoms with van der Waals surface area (Å²) >= 11 is 0. The molecular weight excluding hydrogens is 340 g/mol. The van der Waals surface area contributed by atoms with Gasteiger partial charge in [0.2, 0.25) is 0 Å². The molecule has 2 heteroatoms. The lowest BCUT2D eigenvalue weighted by Gasteiger charge is -2.17. The Morgan fingerprint density at radius 1 is 0.750 bits per heavy atom. The van der Waals surface area contributed by atoms with Gasteiger partial charge in [-0.15, -0.1) is 0 Å². The topological polar surface area (TPSA) is 8.81 Å². The molecule has 1 aliphatic rings. The van der Waals surface area contributed by atoms with Crippen molar-refractivity contribution in [2.24, 2.45) is 0 Å². The second-order valence-electron chi connectivity index (χ2n) is 8.22. The first-order chi connectivity index (χ1) is 13.5. The van der Waals surface area contributed by atoms with Crippen LogP contribution in [0, 0.1) is 13.8 Å². The van der Waals surface area contributed by atoms with Gasteiger partial charge in [0.1, 0.15) is 11.4 Å². The molecule has 0 radical (unpaired) electrons. The summed E-state index contributed by atoms with van der Waals surface area (Å²) in [5.41, 5.74) is 9.06. The van der Waals surface area contributed by atoms with E-state index >= 15 is 0 Å². The molecule has 0 unspecified atom stereocenters. The second kappa shape index (κ2) is 5.93. The highest BCUT2D eigenvalue weighted by atomic mass is 15.2. The minimum Gasteiger partial charge on any atom is -0.192 e. The van der Waals surface area contributed by atoms with Gasteiger partial charge < -0.3 is 0 Å². The van der Waals surface area contributed by atoms with Crippen LogP contribution in [0.2, 0.25) is 0 Å². The fraction of sp³-hybridized carbons (Fsp3) is 0.192. The van der Waals surface area contributed by atoms with Crippen molar-refractivity contribution in [1.82, 2.24) is 4.57 Å². The highest BCUT2D eigenvalue weighted by Gasteiger charge is 2.47. The van der Waals surface area contributed by atoms with Gasteiger partial charge in [0.25, 0.3) is 5.82 Å². The molecule has 0 saturated carbocycles. The second-order valence-corrected chi connectivity index (χ2v) is 8.22. The van der Waals surface area contributed by atoms with Gasteiger partial charge in [-0.25, -0.2) is 0 Å². The molecule has 3 aromatic carbocycles. The number of rotatable bonds is 2. The van der Waals surface area contributed by atoms with Crippen molar-refractivity contribution in [3.8, 4) is 22.8 Å². The third-order valence-corrected chi connectivity index (χ3v) is 6.12. The van der Waals surface area contributed by atoms with Crippen LogP contribution in [-0.2, 0) is 5.41 Å². The number of aromatic nitrogens is 2. The van der Waals surface area contributed by atoms with Crippen molar-refractivity contribution >= 4 is 0 Å². The largest absolute Gasteiger partial charge is 0.299 e. The summed E-state index contributed by atoms with van der Waals surface area (Å²) in [6.07, 6.45) is 0. The Morgan fingerprint density at radius 3 is 2.14 bits per heavy atom. The van der Waals surface area contributed by atoms with E-state index in [1.807, 2.05) is 0 Å². The van der Waals surface area contributed by atoms with E-state index in [1.165, 1.54) is 45.3 Å². The molecule has 0 amide bonds. The number of imidazole rings is 1. The molecule has 0 bridgehead atoms. The van der Waals surface area contributed by atoms with E-state index in [2.05, 4.69) is 116 Å². The zero-order chi connectivity index (χ0) is 19.5. The molecule has 0 fully saturated rings. The van der Waals surface area contributed by atoms with Crippen LogP contribution in [0.1, 0.15) is 36.4 Å². The Bertz CT molecular complexity index is 1200. The van der Waals surface area contributed by atoms with Crippen molar-refractivity contribution in [1.29, 1.82) is 0 Å². The Balaban J connectivity index is 1.96. The van der Waals surface area contributed by atoms with E-state index < -0.39 is 0 Å². The fourth-order valence-electron chi connectivity index (χ4n) is 4.88. The Morgan fingerprint density at radius 2 is 1.39 bits per heavy atom. The maximum absolute atomic E-state index is 2.48. The highest BCUT2D eigenvalue weighted by molar-refractivity contribution is 5.63. The SMILES string of the molecule is Cc1ccccc1-n1c(C)c2[n+](c1-c1ccccc1)-c1ccccc1C2(C)C. The lowest BCUT2D eigenvalue weighted by molar-refractivity contribution is -0.587. The quantitative estimate of drug-likeness (QED) is 0.404. The summed E-state index contributed by atoms with van der Waals surface area (Å²) in [6, 6.07) is 28.2. The average Bonchev–Trinajstić information content (AvgIpc) is 3.14. The molecular formula is C26H25N2+. The van der Waals surface area contributed by atoms with Crippen LogP contribution in [0.25, 0.3) is 22.8 Å². The lowest BCUT2D eigenvalue weighted by atomic mass is 9.82. The average molecular weight is 366 g/mol. The van der Waals surface area contributed by atoms with Crippen molar-refractivity contribution in [2.75, 3.05) is 0 Å². The Labute approximate surface area is 166 Å². The van der Waals surface area contributed by atoms with Crippen molar-refractivity contribution in [2.45, 2.75) is 33.1 Å². The number of benzene rings is 3. The molecule has 0 aliphatic carbocycles. The van der Waals surface area contributed by atoms with Crippen LogP contribution in [0.3, 0.4) is 0 Å². The molecule has 0 spiro atoms. The zero-order valence-corrected chi connectivity index (χ0v) is 16.9. The van der Waals surface area contributed by atoms with Crippen molar-refractivity contribution in [3.05, 3.63) is 101 Å². The molecule has 28 heavy (non-hydrogen) atoms. The minimum absolute atomic E-state index is 0.0435. The van der Waals surface area contributed by atoms with E-state index in [0.29, 0.717) is 0 Å². The summed E-state index contributed by atoms with van der Waals surface area (Å²) < 4.78 is 4.92. The van der Waals surface area contributed by atoms with Gasteiger partial charge in [-0.1, -0.05) is 54.6 Å². The van der Waals surface area contributed by atoms with E-state index in [4.69, 9.17) is 0 Å². The number of nitrogens with zero attached hydrogens (tertiary/aromatic N) is 2. The van der Waals surface area contributed by atoms with Gasteiger partial charge in [-0.05, 0) is 50.6 Å². The van der Waals surface area contributed by atoms with Crippen molar-refractivity contribution < 1.29 is 4.57 Å². The molecule has 0 atom stereocenters. The highest BCUT2D eigenvalue weighted by Crippen LogP contribution is 2.43. The monoisotopic (exact) mass is 365 g/mol. The smallest absolute Gasteiger partial charge is 0.192 e. The molecule has 5 rings (SSSR count). The third kappa shape index (κ3) is 2.18. The summed E-state index contributed by atoms with van der Waals surface area (Å²) in [6.45, 7) is 9.14. The fourth-order valence-corrected chi connectivity index (χ4v) is 4.88. The first-order valence-corrected chi connectivity index (χ1v) is 9.91. The normalized spacial score (nSPS) is 14.0. The molecule has 1 aliphatic heterocycles. The summed E-state index contributed by atoms with van der Waals surface area (Å²) in [5, 5.41) is 0. The lowest BCUT2D eigenvalue weighted by Crippen LogP contribution is -2.34. The predicted octanol–water partition coefficient (Wildman–Crippen LogP) is 5.68. The van der Waals surface area contributed by atoms with Gasteiger partial charge in [-0.2, -0.15) is 9.13 Å². The predicted molar refractivity (Wildman–Crippen MR) is 114 cm³/mol. The van der Waals surface area contributed by atoms with E-state index in [9.17, 15) is 0 Å².